The molecule has 0 bridgehead atoms. The van der Waals surface area contributed by atoms with E-state index in [1.807, 2.05) is 24.3 Å². The number of ether oxygens (including phenoxy) is 1. The van der Waals surface area contributed by atoms with Crippen molar-refractivity contribution in [3.05, 3.63) is 65.2 Å². The van der Waals surface area contributed by atoms with Crippen LogP contribution in [0.2, 0.25) is 0 Å². The van der Waals surface area contributed by atoms with Gasteiger partial charge in [-0.3, -0.25) is 0 Å². The lowest BCUT2D eigenvalue weighted by Crippen LogP contribution is -2.38. The average Bonchev–Trinajstić information content (AvgIpc) is 2.69. The van der Waals surface area contributed by atoms with Crippen LogP contribution in [0.15, 0.2) is 48.5 Å². The molecule has 4 nitrogen and oxygen atoms in total. The predicted octanol–water partition coefficient (Wildman–Crippen LogP) is 3.88. The molecule has 0 aliphatic heterocycles. The summed E-state index contributed by atoms with van der Waals surface area (Å²) in [4.78, 5) is 11.8. The van der Waals surface area contributed by atoms with Crippen LogP contribution in [0.4, 0.5) is 4.79 Å². The third kappa shape index (κ3) is 5.51. The average molecular weight is 352 g/mol. The maximum absolute atomic E-state index is 11.8. The van der Waals surface area contributed by atoms with E-state index in [0.29, 0.717) is 19.7 Å². The number of carbonyl (C=O) groups is 1. The molecule has 0 aromatic heterocycles. The van der Waals surface area contributed by atoms with Crippen molar-refractivity contribution in [2.45, 2.75) is 38.5 Å². The lowest BCUT2D eigenvalue weighted by atomic mass is 9.91. The second kappa shape index (κ2) is 9.85. The molecule has 138 valence electrons. The summed E-state index contributed by atoms with van der Waals surface area (Å²) < 4.78 is 5.90. The number of fused-ring (bicyclic) bond motifs is 1. The van der Waals surface area contributed by atoms with Crippen molar-refractivity contribution < 1.29 is 9.53 Å². The van der Waals surface area contributed by atoms with Crippen molar-refractivity contribution in [1.29, 1.82) is 0 Å². The van der Waals surface area contributed by atoms with Crippen LogP contribution in [-0.4, -0.2) is 25.7 Å². The number of rotatable bonds is 8. The summed E-state index contributed by atoms with van der Waals surface area (Å²) in [6.07, 6.45) is 6.66. The number of aryl methyl sites for hydroxylation is 2. The van der Waals surface area contributed by atoms with Gasteiger partial charge in [-0.15, -0.1) is 0 Å². The van der Waals surface area contributed by atoms with Crippen molar-refractivity contribution in [1.82, 2.24) is 10.6 Å². The fourth-order valence-corrected chi connectivity index (χ4v) is 3.41. The molecule has 0 heterocycles. The Morgan fingerprint density at radius 1 is 0.923 bits per heavy atom. The number of carbonyl (C=O) groups excluding carboxylic acids is 1. The van der Waals surface area contributed by atoms with Crippen molar-refractivity contribution in [3.8, 4) is 5.75 Å². The van der Waals surface area contributed by atoms with Crippen LogP contribution in [0.5, 0.6) is 5.75 Å². The Kier molecular flexibility index (Phi) is 6.94. The van der Waals surface area contributed by atoms with Gasteiger partial charge in [-0.2, -0.15) is 0 Å². The van der Waals surface area contributed by atoms with Crippen molar-refractivity contribution in [2.24, 2.45) is 0 Å². The SMILES string of the molecule is O=C(NCCCc1ccccc1)NCCOc1cccc2c1CCCC2. The number of hydrogen-bond donors (Lipinski definition) is 2. The van der Waals surface area contributed by atoms with E-state index in [0.717, 1.165) is 31.4 Å². The van der Waals surface area contributed by atoms with Gasteiger partial charge in [-0.25, -0.2) is 4.79 Å². The smallest absolute Gasteiger partial charge is 0.314 e. The van der Waals surface area contributed by atoms with Crippen LogP contribution in [0, 0.1) is 0 Å². The molecular formula is C22H28N2O2. The fraction of sp³-hybridized carbons (Fsp3) is 0.409. The second-order valence-electron chi connectivity index (χ2n) is 6.72. The monoisotopic (exact) mass is 352 g/mol. The molecule has 4 heteroatoms. The van der Waals surface area contributed by atoms with Crippen LogP contribution in [-0.2, 0) is 19.3 Å². The van der Waals surface area contributed by atoms with Gasteiger partial charge < -0.3 is 15.4 Å². The molecule has 0 saturated carbocycles. The molecular weight excluding hydrogens is 324 g/mol. The summed E-state index contributed by atoms with van der Waals surface area (Å²) in [5, 5.41) is 5.75. The Hall–Kier alpha value is -2.49. The Labute approximate surface area is 156 Å². The standard InChI is InChI=1S/C22H28N2O2/c25-22(23-15-7-10-18-8-2-1-3-9-18)24-16-17-26-21-14-6-12-19-11-4-5-13-20(19)21/h1-3,6,8-9,12,14H,4-5,7,10-11,13,15-17H2,(H2,23,24,25). The van der Waals surface area contributed by atoms with Crippen LogP contribution in [0.1, 0.15) is 36.0 Å². The first-order valence-electron chi connectivity index (χ1n) is 9.62. The van der Waals surface area contributed by atoms with E-state index in [2.05, 4.69) is 34.9 Å². The van der Waals surface area contributed by atoms with E-state index in [-0.39, 0.29) is 6.03 Å². The van der Waals surface area contributed by atoms with Crippen LogP contribution < -0.4 is 15.4 Å². The molecule has 2 N–H and O–H groups in total. The van der Waals surface area contributed by atoms with Gasteiger partial charge in [-0.05, 0) is 61.3 Å². The highest BCUT2D eigenvalue weighted by Gasteiger charge is 2.13. The fourth-order valence-electron chi connectivity index (χ4n) is 3.41. The highest BCUT2D eigenvalue weighted by Crippen LogP contribution is 2.29. The summed E-state index contributed by atoms with van der Waals surface area (Å²) in [7, 11) is 0. The Morgan fingerprint density at radius 3 is 2.62 bits per heavy atom. The second-order valence-corrected chi connectivity index (χ2v) is 6.72. The Balaban J connectivity index is 1.29. The summed E-state index contributed by atoms with van der Waals surface area (Å²) in [5.74, 6) is 0.979. The van der Waals surface area contributed by atoms with Gasteiger partial charge in [0.05, 0.1) is 6.54 Å². The first-order chi connectivity index (χ1) is 12.8. The Bertz CT molecular complexity index is 701. The molecule has 0 atom stereocenters. The number of amides is 2. The summed E-state index contributed by atoms with van der Waals surface area (Å²) >= 11 is 0. The molecule has 2 aromatic carbocycles. The zero-order valence-electron chi connectivity index (χ0n) is 15.3. The van der Waals surface area contributed by atoms with Crippen LogP contribution in [0.25, 0.3) is 0 Å². The minimum atomic E-state index is -0.128. The minimum Gasteiger partial charge on any atom is -0.491 e. The molecule has 0 spiro atoms. The molecule has 0 unspecified atom stereocenters. The zero-order chi connectivity index (χ0) is 18.0. The third-order valence-corrected chi connectivity index (χ3v) is 4.77. The van der Waals surface area contributed by atoms with E-state index in [9.17, 15) is 4.79 Å². The van der Waals surface area contributed by atoms with Gasteiger partial charge in [0.25, 0.3) is 0 Å². The molecule has 2 amide bonds. The quantitative estimate of drug-likeness (QED) is 0.709. The number of nitrogens with one attached hydrogen (secondary N) is 2. The maximum Gasteiger partial charge on any atom is 0.314 e. The molecule has 26 heavy (non-hydrogen) atoms. The van der Waals surface area contributed by atoms with Crippen LogP contribution >= 0.6 is 0 Å². The molecule has 0 radical (unpaired) electrons. The lowest BCUT2D eigenvalue weighted by Gasteiger charge is -2.19. The summed E-state index contributed by atoms with van der Waals surface area (Å²) in [6, 6.07) is 16.5. The number of hydrogen-bond acceptors (Lipinski definition) is 2. The van der Waals surface area contributed by atoms with Gasteiger partial charge in [0.1, 0.15) is 12.4 Å². The topological polar surface area (TPSA) is 50.4 Å². The first-order valence-corrected chi connectivity index (χ1v) is 9.62. The van der Waals surface area contributed by atoms with E-state index in [4.69, 9.17) is 4.74 Å². The lowest BCUT2D eigenvalue weighted by molar-refractivity contribution is 0.236. The van der Waals surface area contributed by atoms with E-state index >= 15 is 0 Å². The van der Waals surface area contributed by atoms with Gasteiger partial charge in [0, 0.05) is 6.54 Å². The van der Waals surface area contributed by atoms with Gasteiger partial charge in [-0.1, -0.05) is 42.5 Å². The molecule has 0 fully saturated rings. The van der Waals surface area contributed by atoms with Crippen molar-refractivity contribution >= 4 is 6.03 Å². The first kappa shape index (κ1) is 18.3. The third-order valence-electron chi connectivity index (χ3n) is 4.77. The molecule has 1 aliphatic carbocycles. The number of benzene rings is 2. The minimum absolute atomic E-state index is 0.128. The maximum atomic E-state index is 11.8. The number of urea groups is 1. The highest BCUT2D eigenvalue weighted by molar-refractivity contribution is 5.73. The van der Waals surface area contributed by atoms with E-state index in [1.165, 1.54) is 29.5 Å². The molecule has 0 saturated heterocycles. The molecule has 1 aliphatic rings. The summed E-state index contributed by atoms with van der Waals surface area (Å²) in [6.45, 7) is 1.68. The van der Waals surface area contributed by atoms with Crippen LogP contribution in [0.3, 0.4) is 0 Å². The van der Waals surface area contributed by atoms with Gasteiger partial charge in [0.2, 0.25) is 0 Å². The van der Waals surface area contributed by atoms with E-state index in [1.54, 1.807) is 0 Å². The van der Waals surface area contributed by atoms with Gasteiger partial charge >= 0.3 is 6.03 Å². The van der Waals surface area contributed by atoms with Crippen molar-refractivity contribution in [3.63, 3.8) is 0 Å². The highest BCUT2D eigenvalue weighted by atomic mass is 16.5. The van der Waals surface area contributed by atoms with E-state index < -0.39 is 0 Å². The predicted molar refractivity (Wildman–Crippen MR) is 105 cm³/mol. The van der Waals surface area contributed by atoms with Crippen molar-refractivity contribution in [2.75, 3.05) is 19.7 Å². The zero-order valence-corrected chi connectivity index (χ0v) is 15.3. The van der Waals surface area contributed by atoms with Gasteiger partial charge in [0.15, 0.2) is 0 Å². The Morgan fingerprint density at radius 2 is 1.73 bits per heavy atom. The molecule has 2 aromatic rings. The summed E-state index contributed by atoms with van der Waals surface area (Å²) in [5.41, 5.74) is 4.07. The largest absolute Gasteiger partial charge is 0.491 e. The normalized spacial score (nSPS) is 12.9. The molecule has 3 rings (SSSR count).